The molecule has 1 atom stereocenters. The van der Waals surface area contributed by atoms with Gasteiger partial charge in [0.05, 0.1) is 12.4 Å². The largest absolute Gasteiger partial charge is 0.481 e. The highest BCUT2D eigenvalue weighted by Crippen LogP contribution is 2.08. The number of H-pyrrole nitrogens is 1. The number of hydrogen-bond acceptors (Lipinski definition) is 5. The molecule has 1 aromatic rings. The second-order valence-corrected chi connectivity index (χ2v) is 5.52. The third kappa shape index (κ3) is 6.55. The summed E-state index contributed by atoms with van der Waals surface area (Å²) < 4.78 is 5.07. The van der Waals surface area contributed by atoms with Gasteiger partial charge in [0.2, 0.25) is 0 Å². The average molecular weight is 297 g/mol. The second kappa shape index (κ2) is 6.87. The van der Waals surface area contributed by atoms with E-state index in [0.29, 0.717) is 5.69 Å². The molecule has 0 radical (unpaired) electrons. The first kappa shape index (κ1) is 16.7. The Balaban J connectivity index is 2.74. The van der Waals surface area contributed by atoms with Crippen LogP contribution in [0.5, 0.6) is 0 Å². The van der Waals surface area contributed by atoms with E-state index in [1.54, 1.807) is 20.8 Å². The van der Waals surface area contributed by atoms with Crippen LogP contribution in [-0.4, -0.2) is 44.6 Å². The van der Waals surface area contributed by atoms with Gasteiger partial charge in [-0.1, -0.05) is 0 Å². The number of imidazole rings is 1. The Labute approximate surface area is 121 Å². The lowest BCUT2D eigenvalue weighted by molar-refractivity contribution is -0.140. The fourth-order valence-electron chi connectivity index (χ4n) is 1.58. The molecule has 0 aliphatic carbocycles. The molecule has 21 heavy (non-hydrogen) atoms. The number of rotatable bonds is 6. The molecule has 3 N–H and O–H groups in total. The van der Waals surface area contributed by atoms with Gasteiger partial charge in [0.25, 0.3) is 0 Å². The molecule has 1 aromatic heterocycles. The topological polar surface area (TPSA) is 121 Å². The van der Waals surface area contributed by atoms with Crippen molar-refractivity contribution in [2.45, 2.75) is 45.3 Å². The monoisotopic (exact) mass is 297 g/mol. The van der Waals surface area contributed by atoms with Crippen molar-refractivity contribution in [3.8, 4) is 0 Å². The minimum absolute atomic E-state index is 0.116. The van der Waals surface area contributed by atoms with E-state index in [1.165, 1.54) is 12.5 Å². The smallest absolute Gasteiger partial charge is 0.408 e. The van der Waals surface area contributed by atoms with Crippen molar-refractivity contribution >= 4 is 17.8 Å². The summed E-state index contributed by atoms with van der Waals surface area (Å²) in [5.41, 5.74) is -0.104. The Morgan fingerprint density at radius 1 is 1.43 bits per heavy atom. The van der Waals surface area contributed by atoms with Crippen molar-refractivity contribution in [3.63, 3.8) is 0 Å². The number of carbonyl (C=O) groups is 3. The lowest BCUT2D eigenvalue weighted by Gasteiger charge is -2.22. The number of aromatic nitrogens is 2. The Bertz CT molecular complexity index is 504. The Hall–Kier alpha value is -2.38. The molecular formula is C13H19N3O5. The maximum Gasteiger partial charge on any atom is 0.408 e. The zero-order chi connectivity index (χ0) is 16.0. The summed E-state index contributed by atoms with van der Waals surface area (Å²) in [5, 5.41) is 11.1. The lowest BCUT2D eigenvalue weighted by Crippen LogP contribution is -2.45. The first-order valence-electron chi connectivity index (χ1n) is 6.38. The number of Topliss-reactive ketones (excluding diaryl/α,β-unsaturated/α-hetero) is 1. The maximum absolute atomic E-state index is 11.9. The number of hydrogen-bond donors (Lipinski definition) is 3. The average Bonchev–Trinajstić information content (AvgIpc) is 2.77. The molecule has 0 aliphatic rings. The van der Waals surface area contributed by atoms with Gasteiger partial charge in [-0.15, -0.1) is 0 Å². The molecule has 0 spiro atoms. The van der Waals surface area contributed by atoms with Crippen LogP contribution in [0.15, 0.2) is 12.5 Å². The molecule has 8 nitrogen and oxygen atoms in total. The number of amides is 1. The van der Waals surface area contributed by atoms with Crippen LogP contribution < -0.4 is 5.32 Å². The molecule has 0 saturated carbocycles. The number of carboxylic acid groups (broad SMARTS) is 1. The van der Waals surface area contributed by atoms with Gasteiger partial charge in [0.15, 0.2) is 5.78 Å². The number of carboxylic acids is 1. The number of ether oxygens (including phenoxy) is 1. The van der Waals surface area contributed by atoms with Crippen LogP contribution in [0.3, 0.4) is 0 Å². The Morgan fingerprint density at radius 3 is 2.57 bits per heavy atom. The number of nitrogens with zero attached hydrogens (tertiary/aromatic N) is 1. The Kier molecular flexibility index (Phi) is 5.45. The summed E-state index contributed by atoms with van der Waals surface area (Å²) >= 11 is 0. The van der Waals surface area contributed by atoms with Crippen molar-refractivity contribution in [2.24, 2.45) is 0 Å². The molecule has 1 rings (SSSR count). The van der Waals surface area contributed by atoms with E-state index in [0.717, 1.165) is 0 Å². The highest BCUT2D eigenvalue weighted by molar-refractivity contribution is 5.99. The zero-order valence-corrected chi connectivity index (χ0v) is 12.2. The van der Waals surface area contributed by atoms with E-state index in [4.69, 9.17) is 9.84 Å². The summed E-state index contributed by atoms with van der Waals surface area (Å²) in [6.07, 6.45) is 1.60. The van der Waals surface area contributed by atoms with Crippen molar-refractivity contribution in [1.82, 2.24) is 15.3 Å². The quantitative estimate of drug-likeness (QED) is 0.670. The number of aromatic amines is 1. The van der Waals surface area contributed by atoms with Crippen LogP contribution in [0.25, 0.3) is 0 Å². The van der Waals surface area contributed by atoms with E-state index >= 15 is 0 Å². The SMILES string of the molecule is CC(C)(C)OC(=O)N[C@@H](Cc1cnc[nH]1)C(=O)CC(=O)O. The van der Waals surface area contributed by atoms with Gasteiger partial charge < -0.3 is 20.1 Å². The van der Waals surface area contributed by atoms with Crippen LogP contribution >= 0.6 is 0 Å². The maximum atomic E-state index is 11.9. The van der Waals surface area contributed by atoms with E-state index in [1.807, 2.05) is 0 Å². The lowest BCUT2D eigenvalue weighted by atomic mass is 10.0. The van der Waals surface area contributed by atoms with E-state index < -0.39 is 35.9 Å². The molecule has 0 saturated heterocycles. The minimum Gasteiger partial charge on any atom is -0.481 e. The number of ketones is 1. The van der Waals surface area contributed by atoms with Gasteiger partial charge in [-0.2, -0.15) is 0 Å². The van der Waals surface area contributed by atoms with Gasteiger partial charge in [-0.05, 0) is 20.8 Å². The summed E-state index contributed by atoms with van der Waals surface area (Å²) in [4.78, 5) is 40.9. The van der Waals surface area contributed by atoms with Gasteiger partial charge in [0.1, 0.15) is 12.0 Å². The fourth-order valence-corrected chi connectivity index (χ4v) is 1.58. The van der Waals surface area contributed by atoms with Crippen LogP contribution in [0.1, 0.15) is 32.9 Å². The molecule has 1 amide bonds. The van der Waals surface area contributed by atoms with Gasteiger partial charge >= 0.3 is 12.1 Å². The molecule has 0 unspecified atom stereocenters. The molecule has 116 valence electrons. The van der Waals surface area contributed by atoms with Gasteiger partial charge in [-0.25, -0.2) is 9.78 Å². The molecule has 0 bridgehead atoms. The predicted octanol–water partition coefficient (Wildman–Crippen LogP) is 0.889. The number of nitrogens with one attached hydrogen (secondary N) is 2. The standard InChI is InChI=1S/C13H19N3O5/c1-13(2,3)21-12(20)16-9(10(17)5-11(18)19)4-8-6-14-7-15-8/h6-7,9H,4-5H2,1-3H3,(H,14,15)(H,16,20)(H,18,19)/t9-/m0/s1. The number of alkyl carbamates (subject to hydrolysis) is 1. The summed E-state index contributed by atoms with van der Waals surface area (Å²) in [7, 11) is 0. The fraction of sp³-hybridized carbons (Fsp3) is 0.538. The summed E-state index contributed by atoms with van der Waals surface area (Å²) in [6.45, 7) is 5.07. The van der Waals surface area contributed by atoms with Crippen molar-refractivity contribution in [3.05, 3.63) is 18.2 Å². The summed E-state index contributed by atoms with van der Waals surface area (Å²) in [6, 6.07) is -0.989. The van der Waals surface area contributed by atoms with Crippen LogP contribution in [0, 0.1) is 0 Å². The molecule has 0 fully saturated rings. The van der Waals surface area contributed by atoms with E-state index in [2.05, 4.69) is 15.3 Å². The van der Waals surface area contributed by atoms with Crippen LogP contribution in [-0.2, 0) is 20.7 Å². The van der Waals surface area contributed by atoms with E-state index in [-0.39, 0.29) is 6.42 Å². The highest BCUT2D eigenvalue weighted by atomic mass is 16.6. The van der Waals surface area contributed by atoms with E-state index in [9.17, 15) is 14.4 Å². The van der Waals surface area contributed by atoms with Crippen molar-refractivity contribution < 1.29 is 24.2 Å². The third-order valence-electron chi connectivity index (χ3n) is 2.38. The molecular weight excluding hydrogens is 278 g/mol. The summed E-state index contributed by atoms with van der Waals surface area (Å²) in [5.74, 6) is -1.86. The Morgan fingerprint density at radius 2 is 2.10 bits per heavy atom. The van der Waals surface area contributed by atoms with Gasteiger partial charge in [-0.3, -0.25) is 9.59 Å². The molecule has 0 aromatic carbocycles. The highest BCUT2D eigenvalue weighted by Gasteiger charge is 2.26. The molecule has 8 heteroatoms. The minimum atomic E-state index is -1.25. The normalized spacial score (nSPS) is 12.5. The predicted molar refractivity (Wildman–Crippen MR) is 72.7 cm³/mol. The van der Waals surface area contributed by atoms with Crippen LogP contribution in [0.4, 0.5) is 4.79 Å². The number of carbonyl (C=O) groups excluding carboxylic acids is 2. The van der Waals surface area contributed by atoms with Gasteiger partial charge in [0, 0.05) is 18.3 Å². The van der Waals surface area contributed by atoms with Crippen molar-refractivity contribution in [1.29, 1.82) is 0 Å². The molecule has 0 aliphatic heterocycles. The van der Waals surface area contributed by atoms with Crippen LogP contribution in [0.2, 0.25) is 0 Å². The second-order valence-electron chi connectivity index (χ2n) is 5.52. The first-order chi connectivity index (χ1) is 9.67. The first-order valence-corrected chi connectivity index (χ1v) is 6.38. The third-order valence-corrected chi connectivity index (χ3v) is 2.38. The zero-order valence-electron chi connectivity index (χ0n) is 12.2. The van der Waals surface area contributed by atoms with Crippen molar-refractivity contribution in [2.75, 3.05) is 0 Å². The molecule has 1 heterocycles. The number of aliphatic carboxylic acids is 1.